The molecule has 1 aliphatic heterocycles. The maximum Gasteiger partial charge on any atom is 0.411 e. The lowest BCUT2D eigenvalue weighted by Crippen LogP contribution is -2.09. The Balaban J connectivity index is 2.31. The molecule has 0 saturated carbocycles. The highest BCUT2D eigenvalue weighted by Gasteiger charge is 2.40. The van der Waals surface area contributed by atoms with Crippen LogP contribution in [0.2, 0.25) is 5.02 Å². The summed E-state index contributed by atoms with van der Waals surface area (Å²) >= 11 is 6.00. The lowest BCUT2D eigenvalue weighted by Gasteiger charge is -2.30. The first-order valence-corrected chi connectivity index (χ1v) is 9.65. The number of hydrogen-bond donors (Lipinski definition) is 0. The smallest absolute Gasteiger partial charge is 0.411 e. The molecule has 0 bridgehead atoms. The van der Waals surface area contributed by atoms with Crippen molar-refractivity contribution in [1.82, 2.24) is 0 Å². The van der Waals surface area contributed by atoms with Gasteiger partial charge in [-0.05, 0) is 42.7 Å². The van der Waals surface area contributed by atoms with Gasteiger partial charge in [0.2, 0.25) is 0 Å². The van der Waals surface area contributed by atoms with E-state index in [1.54, 1.807) is 25.1 Å². The summed E-state index contributed by atoms with van der Waals surface area (Å²) in [5.74, 6) is 0.573. The third-order valence-corrected chi connectivity index (χ3v) is 6.12. The van der Waals surface area contributed by atoms with Gasteiger partial charge in [0.05, 0.1) is 11.9 Å². The van der Waals surface area contributed by atoms with Crippen LogP contribution >= 0.6 is 19.2 Å². The van der Waals surface area contributed by atoms with E-state index < -0.39 is 7.60 Å². The summed E-state index contributed by atoms with van der Waals surface area (Å²) in [5.41, 5.74) is 2.60. The number of hydrogen-bond acceptors (Lipinski definition) is 3. The van der Waals surface area contributed by atoms with Crippen molar-refractivity contribution in [2.24, 2.45) is 0 Å². The summed E-state index contributed by atoms with van der Waals surface area (Å²) in [6.07, 6.45) is 2.36. The minimum absolute atomic E-state index is 0.290. The fourth-order valence-corrected chi connectivity index (χ4v) is 4.98. The average molecular weight is 361 g/mol. The summed E-state index contributed by atoms with van der Waals surface area (Å²) < 4.78 is 25.0. The van der Waals surface area contributed by atoms with Crippen LogP contribution in [0.1, 0.15) is 24.5 Å². The second kappa shape index (κ2) is 6.98. The third kappa shape index (κ3) is 3.08. The molecule has 0 spiro atoms. The van der Waals surface area contributed by atoms with Gasteiger partial charge in [-0.25, -0.2) is 4.57 Å². The van der Waals surface area contributed by atoms with Crippen LogP contribution in [0.15, 0.2) is 61.2 Å². The lowest BCUT2D eigenvalue weighted by atomic mass is 9.98. The molecule has 2 aromatic carbocycles. The van der Waals surface area contributed by atoms with Crippen LogP contribution in [-0.2, 0) is 9.09 Å². The van der Waals surface area contributed by atoms with E-state index in [2.05, 4.69) is 6.58 Å². The Kier molecular flexibility index (Phi) is 4.96. The largest absolute Gasteiger partial charge is 0.421 e. The quantitative estimate of drug-likeness (QED) is 0.456. The number of fused-ring (bicyclic) bond motifs is 1. The van der Waals surface area contributed by atoms with E-state index in [-0.39, 0.29) is 6.61 Å². The first-order valence-electron chi connectivity index (χ1n) is 7.73. The number of benzene rings is 2. The Hall–Kier alpha value is -1.80. The molecular formula is C19H18ClO3P. The van der Waals surface area contributed by atoms with Gasteiger partial charge in [0, 0.05) is 10.6 Å². The maximum atomic E-state index is 13.5. The number of para-hydroxylation sites is 1. The molecule has 1 unspecified atom stereocenters. The second-order valence-corrected chi connectivity index (χ2v) is 7.65. The van der Waals surface area contributed by atoms with E-state index in [0.29, 0.717) is 22.5 Å². The van der Waals surface area contributed by atoms with Crippen LogP contribution < -0.4 is 4.52 Å². The van der Waals surface area contributed by atoms with E-state index in [0.717, 1.165) is 16.7 Å². The highest BCUT2D eigenvalue weighted by atomic mass is 35.5. The molecule has 0 amide bonds. The number of halogens is 1. The van der Waals surface area contributed by atoms with Gasteiger partial charge < -0.3 is 4.52 Å². The van der Waals surface area contributed by atoms with Crippen molar-refractivity contribution >= 4 is 30.1 Å². The molecule has 5 heteroatoms. The van der Waals surface area contributed by atoms with Crippen molar-refractivity contribution in [2.45, 2.75) is 13.3 Å². The highest BCUT2D eigenvalue weighted by Crippen LogP contribution is 2.66. The SMILES string of the molecule is C=CCC1=C(c2ccc(Cl)cc2)P(=O)(OCC)Oc2ccccc21. The molecular weight excluding hydrogens is 343 g/mol. The minimum atomic E-state index is -3.49. The second-order valence-electron chi connectivity index (χ2n) is 5.33. The van der Waals surface area contributed by atoms with Gasteiger partial charge in [0.15, 0.2) is 0 Å². The number of allylic oxidation sites excluding steroid dienone is 2. The van der Waals surface area contributed by atoms with Gasteiger partial charge in [-0.1, -0.05) is 48.0 Å². The fourth-order valence-electron chi connectivity index (χ4n) is 2.82. The Morgan fingerprint density at radius 3 is 2.58 bits per heavy atom. The molecule has 2 aromatic rings. The molecule has 0 N–H and O–H groups in total. The van der Waals surface area contributed by atoms with E-state index in [9.17, 15) is 4.57 Å². The van der Waals surface area contributed by atoms with E-state index in [1.807, 2.05) is 36.4 Å². The van der Waals surface area contributed by atoms with Crippen LogP contribution in [0.5, 0.6) is 5.75 Å². The maximum absolute atomic E-state index is 13.5. The van der Waals surface area contributed by atoms with Gasteiger partial charge >= 0.3 is 7.60 Å². The first kappa shape index (κ1) is 17.0. The predicted molar refractivity (Wildman–Crippen MR) is 99.4 cm³/mol. The third-order valence-electron chi connectivity index (χ3n) is 3.76. The zero-order chi connectivity index (χ0) is 17.2. The van der Waals surface area contributed by atoms with Gasteiger partial charge in [-0.3, -0.25) is 4.52 Å². The summed E-state index contributed by atoms with van der Waals surface area (Å²) in [6, 6.07) is 14.8. The van der Waals surface area contributed by atoms with Crippen molar-refractivity contribution in [3.05, 3.63) is 77.3 Å². The lowest BCUT2D eigenvalue weighted by molar-refractivity contribution is 0.289. The minimum Gasteiger partial charge on any atom is -0.421 e. The highest BCUT2D eigenvalue weighted by molar-refractivity contribution is 7.66. The van der Waals surface area contributed by atoms with Gasteiger partial charge in [-0.2, -0.15) is 0 Å². The van der Waals surface area contributed by atoms with E-state index in [1.165, 1.54) is 0 Å². The molecule has 3 nitrogen and oxygen atoms in total. The molecule has 1 aliphatic rings. The van der Waals surface area contributed by atoms with Gasteiger partial charge in [-0.15, -0.1) is 6.58 Å². The summed E-state index contributed by atoms with van der Waals surface area (Å²) in [4.78, 5) is 0. The van der Waals surface area contributed by atoms with Crippen LogP contribution in [0.4, 0.5) is 0 Å². The first-order chi connectivity index (χ1) is 11.6. The summed E-state index contributed by atoms with van der Waals surface area (Å²) in [7, 11) is -3.49. The molecule has 124 valence electrons. The molecule has 0 radical (unpaired) electrons. The van der Waals surface area contributed by atoms with Gasteiger partial charge in [0.1, 0.15) is 5.75 Å². The van der Waals surface area contributed by atoms with Crippen molar-refractivity contribution in [1.29, 1.82) is 0 Å². The molecule has 1 atom stereocenters. The topological polar surface area (TPSA) is 35.5 Å². The van der Waals surface area contributed by atoms with Crippen molar-refractivity contribution in [3.63, 3.8) is 0 Å². The summed E-state index contributed by atoms with van der Waals surface area (Å²) in [5, 5.41) is 1.20. The molecule has 24 heavy (non-hydrogen) atoms. The summed E-state index contributed by atoms with van der Waals surface area (Å²) in [6.45, 7) is 5.93. The Morgan fingerprint density at radius 2 is 1.92 bits per heavy atom. The van der Waals surface area contributed by atoms with Gasteiger partial charge in [0.25, 0.3) is 0 Å². The molecule has 0 fully saturated rings. The average Bonchev–Trinajstić information content (AvgIpc) is 2.56. The van der Waals surface area contributed by atoms with Crippen LogP contribution in [-0.4, -0.2) is 6.61 Å². The molecule has 1 heterocycles. The molecule has 0 aliphatic carbocycles. The zero-order valence-electron chi connectivity index (χ0n) is 13.4. The standard InChI is InChI=1S/C19H18ClO3P/c1-3-7-17-16-8-5-6-9-18(16)23-24(21,22-4-2)19(17)14-10-12-15(20)13-11-14/h3,5-6,8-13H,1,4,7H2,2H3. The molecule has 0 aromatic heterocycles. The van der Waals surface area contributed by atoms with Crippen molar-refractivity contribution in [3.8, 4) is 5.75 Å². The predicted octanol–water partition coefficient (Wildman–Crippen LogP) is 6.41. The van der Waals surface area contributed by atoms with Crippen LogP contribution in [0, 0.1) is 0 Å². The van der Waals surface area contributed by atoms with Crippen molar-refractivity contribution in [2.75, 3.05) is 6.61 Å². The number of rotatable bonds is 5. The fraction of sp³-hybridized carbons (Fsp3) is 0.158. The normalized spacial score (nSPS) is 19.6. The van der Waals surface area contributed by atoms with Crippen molar-refractivity contribution < 1.29 is 13.6 Å². The van der Waals surface area contributed by atoms with Crippen LogP contribution in [0.3, 0.4) is 0 Å². The Bertz CT molecular complexity index is 840. The molecule has 3 rings (SSSR count). The van der Waals surface area contributed by atoms with Crippen LogP contribution in [0.25, 0.3) is 10.9 Å². The monoisotopic (exact) mass is 360 g/mol. The zero-order valence-corrected chi connectivity index (χ0v) is 15.0. The van der Waals surface area contributed by atoms with E-state index >= 15 is 0 Å². The Labute approximate surface area is 147 Å². The molecule has 0 saturated heterocycles. The Morgan fingerprint density at radius 1 is 1.21 bits per heavy atom. The van der Waals surface area contributed by atoms with E-state index in [4.69, 9.17) is 20.6 Å².